The van der Waals surface area contributed by atoms with Crippen LogP contribution < -0.4 is 5.32 Å². The first-order valence-corrected chi connectivity index (χ1v) is 6.27. The number of amides is 2. The van der Waals surface area contributed by atoms with Gasteiger partial charge in [-0.3, -0.25) is 4.79 Å². The van der Waals surface area contributed by atoms with Crippen molar-refractivity contribution in [2.45, 2.75) is 39.5 Å². The highest BCUT2D eigenvalue weighted by Crippen LogP contribution is 2.42. The van der Waals surface area contributed by atoms with Crippen LogP contribution in [0.2, 0.25) is 0 Å². The Morgan fingerprint density at radius 1 is 1.35 bits per heavy atom. The lowest BCUT2D eigenvalue weighted by Gasteiger charge is -2.41. The summed E-state index contributed by atoms with van der Waals surface area (Å²) < 4.78 is 0. The second kappa shape index (κ2) is 5.89. The highest BCUT2D eigenvalue weighted by Gasteiger charge is 2.35. The largest absolute Gasteiger partial charge is 0.480 e. The molecule has 1 aliphatic rings. The third kappa shape index (κ3) is 3.61. The van der Waals surface area contributed by atoms with Gasteiger partial charge in [-0.1, -0.05) is 13.3 Å². The summed E-state index contributed by atoms with van der Waals surface area (Å²) in [6.07, 6.45) is 4.62. The third-order valence-electron chi connectivity index (χ3n) is 3.77. The molecule has 0 radical (unpaired) electrons. The maximum Gasteiger partial charge on any atom is 0.323 e. The summed E-state index contributed by atoms with van der Waals surface area (Å²) in [4.78, 5) is 23.6. The van der Waals surface area contributed by atoms with Crippen LogP contribution in [0.5, 0.6) is 0 Å². The van der Waals surface area contributed by atoms with Crippen LogP contribution in [0.1, 0.15) is 39.5 Å². The number of likely N-dealkylation sites (N-methyl/N-ethyl adjacent to an activating group) is 1. The molecule has 5 nitrogen and oxygen atoms in total. The Morgan fingerprint density at radius 2 is 2.00 bits per heavy atom. The minimum absolute atomic E-state index is 0.235. The number of carboxylic acids is 1. The van der Waals surface area contributed by atoms with E-state index in [1.807, 2.05) is 0 Å². The monoisotopic (exact) mass is 242 g/mol. The number of carbonyl (C=O) groups is 2. The van der Waals surface area contributed by atoms with Crippen LogP contribution >= 0.6 is 0 Å². The Hall–Kier alpha value is -1.26. The van der Waals surface area contributed by atoms with Crippen molar-refractivity contribution in [1.29, 1.82) is 0 Å². The summed E-state index contributed by atoms with van der Waals surface area (Å²) in [5.41, 5.74) is 0.262. The number of nitrogens with zero attached hydrogens (tertiary/aromatic N) is 1. The van der Waals surface area contributed by atoms with Gasteiger partial charge in [-0.2, -0.15) is 0 Å². The molecule has 5 heteroatoms. The standard InChI is InChI=1S/C12H22N2O3/c1-3-12(6-5-7-12)9-13-11(17)14(4-2)8-10(15)16/h3-9H2,1-2H3,(H,13,17)(H,15,16). The topological polar surface area (TPSA) is 69.6 Å². The van der Waals surface area contributed by atoms with Gasteiger partial charge in [-0.05, 0) is 31.6 Å². The Bertz CT molecular complexity index is 282. The Kier molecular flexibility index (Phi) is 4.78. The van der Waals surface area contributed by atoms with Crippen LogP contribution in [0, 0.1) is 5.41 Å². The van der Waals surface area contributed by atoms with Crippen molar-refractivity contribution in [2.75, 3.05) is 19.6 Å². The van der Waals surface area contributed by atoms with Crippen LogP contribution in [0.4, 0.5) is 4.79 Å². The lowest BCUT2D eigenvalue weighted by molar-refractivity contribution is -0.137. The fourth-order valence-corrected chi connectivity index (χ4v) is 2.20. The summed E-state index contributed by atoms with van der Waals surface area (Å²) in [6, 6.07) is -0.269. The maximum absolute atomic E-state index is 11.8. The van der Waals surface area contributed by atoms with Crippen LogP contribution in [-0.2, 0) is 4.79 Å². The second-order valence-electron chi connectivity index (χ2n) is 4.77. The van der Waals surface area contributed by atoms with Crippen LogP contribution in [-0.4, -0.2) is 41.6 Å². The van der Waals surface area contributed by atoms with Crippen LogP contribution in [0.25, 0.3) is 0 Å². The van der Waals surface area contributed by atoms with E-state index in [0.29, 0.717) is 13.1 Å². The summed E-state index contributed by atoms with van der Waals surface area (Å²) in [5, 5.41) is 11.5. The quantitative estimate of drug-likeness (QED) is 0.744. The molecule has 0 aromatic rings. The molecule has 0 unspecified atom stereocenters. The zero-order valence-electron chi connectivity index (χ0n) is 10.7. The fourth-order valence-electron chi connectivity index (χ4n) is 2.20. The molecular formula is C12H22N2O3. The molecule has 0 bridgehead atoms. The number of carbonyl (C=O) groups excluding carboxylic acids is 1. The van der Waals surface area contributed by atoms with Crippen molar-refractivity contribution in [2.24, 2.45) is 5.41 Å². The number of nitrogens with one attached hydrogen (secondary N) is 1. The fraction of sp³-hybridized carbons (Fsp3) is 0.833. The molecule has 0 aromatic heterocycles. The SMILES string of the molecule is CCN(CC(=O)O)C(=O)NCC1(CC)CCC1. The van der Waals surface area contributed by atoms with E-state index in [0.717, 1.165) is 19.3 Å². The van der Waals surface area contributed by atoms with Gasteiger partial charge in [-0.25, -0.2) is 4.79 Å². The summed E-state index contributed by atoms with van der Waals surface area (Å²) in [5.74, 6) is -0.976. The molecule has 98 valence electrons. The predicted molar refractivity (Wildman–Crippen MR) is 64.9 cm³/mol. The van der Waals surface area contributed by atoms with Crippen molar-refractivity contribution in [3.05, 3.63) is 0 Å². The van der Waals surface area contributed by atoms with Crippen molar-refractivity contribution in [3.8, 4) is 0 Å². The van der Waals surface area contributed by atoms with E-state index in [1.54, 1.807) is 6.92 Å². The van der Waals surface area contributed by atoms with Crippen molar-refractivity contribution < 1.29 is 14.7 Å². The zero-order chi connectivity index (χ0) is 12.9. The third-order valence-corrected chi connectivity index (χ3v) is 3.77. The molecule has 1 aliphatic carbocycles. The normalized spacial score (nSPS) is 17.1. The average Bonchev–Trinajstić information content (AvgIpc) is 2.24. The molecule has 0 aliphatic heterocycles. The average molecular weight is 242 g/mol. The lowest BCUT2D eigenvalue weighted by atomic mass is 9.67. The first-order chi connectivity index (χ1) is 8.03. The van der Waals surface area contributed by atoms with E-state index in [1.165, 1.54) is 11.3 Å². The number of rotatable bonds is 6. The van der Waals surface area contributed by atoms with Crippen LogP contribution in [0.15, 0.2) is 0 Å². The predicted octanol–water partition coefficient (Wildman–Crippen LogP) is 1.68. The number of aliphatic carboxylic acids is 1. The second-order valence-corrected chi connectivity index (χ2v) is 4.77. The van der Waals surface area contributed by atoms with Gasteiger partial charge in [0.15, 0.2) is 0 Å². The lowest BCUT2D eigenvalue weighted by Crippen LogP contribution is -2.48. The minimum Gasteiger partial charge on any atom is -0.480 e. The van der Waals surface area contributed by atoms with Crippen molar-refractivity contribution in [1.82, 2.24) is 10.2 Å². The smallest absolute Gasteiger partial charge is 0.323 e. The Labute approximate surface area is 102 Å². The summed E-state index contributed by atoms with van der Waals surface area (Å²) in [6.45, 7) is 4.76. The van der Waals surface area contributed by atoms with Gasteiger partial charge in [0.05, 0.1) is 0 Å². The van der Waals surface area contributed by atoms with E-state index >= 15 is 0 Å². The van der Waals surface area contributed by atoms with Crippen molar-refractivity contribution in [3.63, 3.8) is 0 Å². The molecule has 1 fully saturated rings. The van der Waals surface area contributed by atoms with E-state index in [-0.39, 0.29) is 18.0 Å². The molecule has 1 saturated carbocycles. The molecule has 0 aromatic carbocycles. The molecule has 1 rings (SSSR count). The van der Waals surface area contributed by atoms with Crippen LogP contribution in [0.3, 0.4) is 0 Å². The van der Waals surface area contributed by atoms with E-state index in [4.69, 9.17) is 5.11 Å². The van der Waals surface area contributed by atoms with Gasteiger partial charge in [0.2, 0.25) is 0 Å². The molecule has 0 heterocycles. The number of urea groups is 1. The van der Waals surface area contributed by atoms with Gasteiger partial charge < -0.3 is 15.3 Å². The number of carboxylic acid groups (broad SMARTS) is 1. The van der Waals surface area contributed by atoms with Crippen molar-refractivity contribution >= 4 is 12.0 Å². The summed E-state index contributed by atoms with van der Waals surface area (Å²) >= 11 is 0. The molecule has 0 atom stereocenters. The van der Waals surface area contributed by atoms with E-state index in [2.05, 4.69) is 12.2 Å². The molecule has 17 heavy (non-hydrogen) atoms. The highest BCUT2D eigenvalue weighted by molar-refractivity contribution is 5.80. The highest BCUT2D eigenvalue weighted by atomic mass is 16.4. The summed E-state index contributed by atoms with van der Waals surface area (Å²) in [7, 11) is 0. The maximum atomic E-state index is 11.8. The Balaban J connectivity index is 2.39. The molecule has 0 saturated heterocycles. The van der Waals surface area contributed by atoms with Gasteiger partial charge in [-0.15, -0.1) is 0 Å². The minimum atomic E-state index is -0.976. The molecule has 0 spiro atoms. The first-order valence-electron chi connectivity index (χ1n) is 6.27. The first kappa shape index (κ1) is 13.8. The zero-order valence-corrected chi connectivity index (χ0v) is 10.7. The van der Waals surface area contributed by atoms with Gasteiger partial charge >= 0.3 is 12.0 Å². The van der Waals surface area contributed by atoms with Gasteiger partial charge in [0, 0.05) is 13.1 Å². The molecule has 2 amide bonds. The van der Waals surface area contributed by atoms with Gasteiger partial charge in [0.1, 0.15) is 6.54 Å². The Morgan fingerprint density at radius 3 is 2.35 bits per heavy atom. The number of hydrogen-bond donors (Lipinski definition) is 2. The van der Waals surface area contributed by atoms with Gasteiger partial charge in [0.25, 0.3) is 0 Å². The van der Waals surface area contributed by atoms with E-state index < -0.39 is 5.97 Å². The molecular weight excluding hydrogens is 220 g/mol. The molecule has 2 N–H and O–H groups in total. The van der Waals surface area contributed by atoms with E-state index in [9.17, 15) is 9.59 Å². The number of hydrogen-bond acceptors (Lipinski definition) is 2.